The molecule has 0 aliphatic carbocycles. The number of rotatable bonds is 3. The first-order valence-corrected chi connectivity index (χ1v) is 4.15. The number of nitrogens with one attached hydrogen (secondary N) is 1. The molecular weight excluding hydrogens is 165 g/mol. The Morgan fingerprint density at radius 1 is 1.46 bits per heavy atom. The van der Waals surface area contributed by atoms with Gasteiger partial charge >= 0.3 is 0 Å². The van der Waals surface area contributed by atoms with E-state index in [1.807, 2.05) is 24.3 Å². The molecule has 0 radical (unpaired) electrons. The SMILES string of the molecule is BC(=O)NCc1cccc(CO)c1. The maximum absolute atomic E-state index is 10.6. The number of aliphatic hydroxyl groups is 1. The van der Waals surface area contributed by atoms with E-state index in [2.05, 4.69) is 5.32 Å². The molecule has 0 aliphatic rings. The number of carbonyl (C=O) groups excluding carboxylic acids is 1. The Kier molecular flexibility index (Phi) is 3.52. The molecule has 0 aliphatic heterocycles. The smallest absolute Gasteiger partial charge is 0.215 e. The minimum absolute atomic E-state index is 0.0356. The molecule has 2 N–H and O–H groups in total. The molecule has 0 fully saturated rings. The standard InChI is InChI=1S/C9H12BNO2/c10-9(13)11-5-7-2-1-3-8(4-7)6-12/h1-4,12H,5-6,10H2,(H,11,13). The molecule has 0 saturated heterocycles. The second-order valence-electron chi connectivity index (χ2n) is 2.89. The van der Waals surface area contributed by atoms with Crippen molar-refractivity contribution in [3.63, 3.8) is 0 Å². The van der Waals surface area contributed by atoms with E-state index in [9.17, 15) is 4.79 Å². The molecule has 0 aromatic heterocycles. The number of aliphatic hydroxyl groups excluding tert-OH is 1. The normalized spacial score (nSPS) is 9.62. The average Bonchev–Trinajstić information content (AvgIpc) is 2.15. The largest absolute Gasteiger partial charge is 0.392 e. The molecular formula is C9H12BNO2. The summed E-state index contributed by atoms with van der Waals surface area (Å²) in [6, 6.07) is 7.49. The van der Waals surface area contributed by atoms with Gasteiger partial charge in [-0.2, -0.15) is 0 Å². The highest BCUT2D eigenvalue weighted by Crippen LogP contribution is 2.04. The predicted octanol–water partition coefficient (Wildman–Crippen LogP) is 0.0216. The summed E-state index contributed by atoms with van der Waals surface area (Å²) >= 11 is 0. The van der Waals surface area contributed by atoms with Gasteiger partial charge in [0, 0.05) is 6.54 Å². The van der Waals surface area contributed by atoms with Crippen LogP contribution in [-0.2, 0) is 13.2 Å². The van der Waals surface area contributed by atoms with Gasteiger partial charge in [-0.25, -0.2) is 0 Å². The zero-order valence-electron chi connectivity index (χ0n) is 7.58. The fraction of sp³-hybridized carbons (Fsp3) is 0.222. The lowest BCUT2D eigenvalue weighted by molar-refractivity contribution is 0.259. The lowest BCUT2D eigenvalue weighted by Gasteiger charge is -2.03. The molecule has 4 heteroatoms. The van der Waals surface area contributed by atoms with Crippen LogP contribution in [0, 0.1) is 0 Å². The Morgan fingerprint density at radius 2 is 2.15 bits per heavy atom. The first-order chi connectivity index (χ1) is 6.22. The highest BCUT2D eigenvalue weighted by molar-refractivity contribution is 6.57. The molecule has 0 spiro atoms. The van der Waals surface area contributed by atoms with Gasteiger partial charge < -0.3 is 10.4 Å². The van der Waals surface area contributed by atoms with Crippen LogP contribution < -0.4 is 5.32 Å². The molecule has 1 aromatic carbocycles. The van der Waals surface area contributed by atoms with E-state index in [1.165, 1.54) is 7.85 Å². The average molecular weight is 177 g/mol. The second kappa shape index (κ2) is 4.67. The van der Waals surface area contributed by atoms with Gasteiger partial charge in [-0.15, -0.1) is 0 Å². The predicted molar refractivity (Wildman–Crippen MR) is 53.1 cm³/mol. The van der Waals surface area contributed by atoms with Crippen molar-refractivity contribution in [2.45, 2.75) is 13.2 Å². The number of carbonyl (C=O) groups is 1. The summed E-state index contributed by atoms with van der Waals surface area (Å²) in [7, 11) is 1.48. The third-order valence-electron chi connectivity index (χ3n) is 1.72. The number of benzene rings is 1. The van der Waals surface area contributed by atoms with Crippen LogP contribution in [0.15, 0.2) is 24.3 Å². The summed E-state index contributed by atoms with van der Waals surface area (Å²) in [6.45, 7) is 0.553. The molecule has 68 valence electrons. The molecule has 3 nitrogen and oxygen atoms in total. The molecule has 0 atom stereocenters. The van der Waals surface area contributed by atoms with E-state index in [4.69, 9.17) is 5.11 Å². The minimum atomic E-state index is -0.0469. The van der Waals surface area contributed by atoms with E-state index in [0.29, 0.717) is 6.54 Å². The third kappa shape index (κ3) is 3.30. The van der Waals surface area contributed by atoms with Crippen LogP contribution >= 0.6 is 0 Å². The highest BCUT2D eigenvalue weighted by Gasteiger charge is 1.95. The van der Waals surface area contributed by atoms with Crippen LogP contribution in [0.4, 0.5) is 4.79 Å². The molecule has 13 heavy (non-hydrogen) atoms. The van der Waals surface area contributed by atoms with Crippen molar-refractivity contribution in [1.29, 1.82) is 0 Å². The highest BCUT2D eigenvalue weighted by atomic mass is 16.3. The van der Waals surface area contributed by atoms with Gasteiger partial charge in [0.25, 0.3) is 0 Å². The summed E-state index contributed by atoms with van der Waals surface area (Å²) in [4.78, 5) is 10.6. The van der Waals surface area contributed by atoms with Crippen LogP contribution in [0.5, 0.6) is 0 Å². The van der Waals surface area contributed by atoms with E-state index in [0.717, 1.165) is 11.1 Å². The van der Waals surface area contributed by atoms with Crippen molar-refractivity contribution >= 4 is 13.7 Å². The van der Waals surface area contributed by atoms with E-state index in [-0.39, 0.29) is 12.4 Å². The fourth-order valence-corrected chi connectivity index (χ4v) is 1.06. The van der Waals surface area contributed by atoms with Gasteiger partial charge in [0.2, 0.25) is 7.85 Å². The van der Waals surface area contributed by atoms with Crippen molar-refractivity contribution in [2.24, 2.45) is 0 Å². The first kappa shape index (κ1) is 9.80. The Morgan fingerprint density at radius 3 is 2.77 bits per heavy atom. The summed E-state index contributed by atoms with van der Waals surface area (Å²) in [5.41, 5.74) is 1.87. The van der Waals surface area contributed by atoms with E-state index in [1.54, 1.807) is 0 Å². The van der Waals surface area contributed by atoms with Gasteiger partial charge in [-0.3, -0.25) is 4.79 Å². The molecule has 0 heterocycles. The van der Waals surface area contributed by atoms with Crippen molar-refractivity contribution in [1.82, 2.24) is 5.32 Å². The van der Waals surface area contributed by atoms with Gasteiger partial charge in [0.05, 0.1) is 6.61 Å². The summed E-state index contributed by atoms with van der Waals surface area (Å²) in [5.74, 6) is -0.0469. The van der Waals surface area contributed by atoms with Gasteiger partial charge in [0.15, 0.2) is 5.81 Å². The molecule has 1 rings (SSSR count). The first-order valence-electron chi connectivity index (χ1n) is 4.15. The van der Waals surface area contributed by atoms with Crippen molar-refractivity contribution in [2.75, 3.05) is 0 Å². The summed E-state index contributed by atoms with van der Waals surface area (Å²) < 4.78 is 0. The Balaban J connectivity index is 2.61. The number of hydrogen-bond acceptors (Lipinski definition) is 2. The second-order valence-corrected chi connectivity index (χ2v) is 2.89. The number of hydrogen-bond donors (Lipinski definition) is 2. The van der Waals surface area contributed by atoms with Gasteiger partial charge in [-0.05, 0) is 11.1 Å². The number of amides is 1. The molecule has 1 aromatic rings. The molecule has 0 bridgehead atoms. The maximum Gasteiger partial charge on any atom is 0.215 e. The van der Waals surface area contributed by atoms with Crippen LogP contribution in [0.2, 0.25) is 0 Å². The Bertz CT molecular complexity index is 301. The third-order valence-corrected chi connectivity index (χ3v) is 1.72. The van der Waals surface area contributed by atoms with Crippen molar-refractivity contribution in [3.8, 4) is 0 Å². The topological polar surface area (TPSA) is 49.3 Å². The Hall–Kier alpha value is -1.29. The Labute approximate surface area is 78.2 Å². The lowest BCUT2D eigenvalue weighted by Crippen LogP contribution is -2.20. The molecule has 0 saturated carbocycles. The lowest BCUT2D eigenvalue weighted by atomic mass is 10.1. The van der Waals surface area contributed by atoms with Crippen LogP contribution in [0.25, 0.3) is 0 Å². The minimum Gasteiger partial charge on any atom is -0.392 e. The molecule has 0 unspecified atom stereocenters. The molecule has 1 amide bonds. The van der Waals surface area contributed by atoms with Crippen molar-refractivity contribution < 1.29 is 9.90 Å². The van der Waals surface area contributed by atoms with Gasteiger partial charge in [-0.1, -0.05) is 24.3 Å². The quantitative estimate of drug-likeness (QED) is 0.639. The van der Waals surface area contributed by atoms with Crippen molar-refractivity contribution in [3.05, 3.63) is 35.4 Å². The van der Waals surface area contributed by atoms with E-state index >= 15 is 0 Å². The maximum atomic E-state index is 10.6. The van der Waals surface area contributed by atoms with E-state index < -0.39 is 0 Å². The fourth-order valence-electron chi connectivity index (χ4n) is 1.06. The summed E-state index contributed by atoms with van der Waals surface area (Å²) in [5, 5.41) is 11.5. The van der Waals surface area contributed by atoms with Gasteiger partial charge in [0.1, 0.15) is 0 Å². The zero-order chi connectivity index (χ0) is 9.68. The monoisotopic (exact) mass is 177 g/mol. The van der Waals surface area contributed by atoms with Crippen LogP contribution in [0.1, 0.15) is 11.1 Å². The van der Waals surface area contributed by atoms with Crippen LogP contribution in [0.3, 0.4) is 0 Å². The summed E-state index contributed by atoms with van der Waals surface area (Å²) in [6.07, 6.45) is 0. The van der Waals surface area contributed by atoms with Crippen LogP contribution in [-0.4, -0.2) is 18.8 Å². The zero-order valence-corrected chi connectivity index (χ0v) is 7.58.